The summed E-state index contributed by atoms with van der Waals surface area (Å²) in [6.07, 6.45) is 0.476. The summed E-state index contributed by atoms with van der Waals surface area (Å²) in [4.78, 5) is 27.1. The van der Waals surface area contributed by atoms with Gasteiger partial charge in [-0.1, -0.05) is 48.3 Å². The highest BCUT2D eigenvalue weighted by Gasteiger charge is 2.28. The molecule has 0 saturated carbocycles. The molecule has 0 aliphatic heterocycles. The van der Waals surface area contributed by atoms with Crippen molar-refractivity contribution in [3.63, 3.8) is 0 Å². The number of rotatable bonds is 9. The average Bonchev–Trinajstić information content (AvgIpc) is 2.69. The fraction of sp³-hybridized carbons (Fsp3) is 0.364. The molecule has 0 saturated heterocycles. The van der Waals surface area contributed by atoms with Crippen molar-refractivity contribution in [2.45, 2.75) is 39.8 Å². The first-order chi connectivity index (χ1) is 13.8. The summed E-state index contributed by atoms with van der Waals surface area (Å²) >= 11 is 12.1. The van der Waals surface area contributed by atoms with Crippen molar-refractivity contribution in [3.8, 4) is 5.75 Å². The zero-order valence-electron chi connectivity index (χ0n) is 16.9. The molecule has 2 aromatic rings. The van der Waals surface area contributed by atoms with Crippen molar-refractivity contribution in [2.24, 2.45) is 0 Å². The molecule has 0 bridgehead atoms. The van der Waals surface area contributed by atoms with Crippen molar-refractivity contribution in [2.75, 3.05) is 13.2 Å². The number of aryl methyl sites for hydroxylation is 1. The molecule has 156 valence electrons. The van der Waals surface area contributed by atoms with Crippen molar-refractivity contribution < 1.29 is 14.3 Å². The van der Waals surface area contributed by atoms with Gasteiger partial charge in [0.2, 0.25) is 5.91 Å². The quantitative estimate of drug-likeness (QED) is 0.623. The number of carbonyl (C=O) groups is 2. The van der Waals surface area contributed by atoms with Crippen LogP contribution in [0.2, 0.25) is 10.0 Å². The summed E-state index contributed by atoms with van der Waals surface area (Å²) < 4.78 is 5.67. The summed E-state index contributed by atoms with van der Waals surface area (Å²) in [5.41, 5.74) is 1.82. The molecule has 7 heteroatoms. The number of amides is 2. The standard InChI is InChI=1S/C22H26Cl2N2O3/c1-4-20(22(28)25-5-2)26(13-16-9-10-18(23)19(24)12-16)21(27)14-29-17-8-6-7-15(3)11-17/h6-12,20H,4-5,13-14H2,1-3H3,(H,25,28)/t20-/m1/s1. The number of benzene rings is 2. The van der Waals surface area contributed by atoms with E-state index in [1.807, 2.05) is 39.0 Å². The molecule has 0 unspecified atom stereocenters. The van der Waals surface area contributed by atoms with Crippen molar-refractivity contribution in [3.05, 3.63) is 63.6 Å². The Morgan fingerprint density at radius 2 is 1.86 bits per heavy atom. The van der Waals surface area contributed by atoms with Gasteiger partial charge in [-0.25, -0.2) is 0 Å². The second-order valence-corrected chi connectivity index (χ2v) is 7.51. The fourth-order valence-electron chi connectivity index (χ4n) is 2.98. The van der Waals surface area contributed by atoms with E-state index in [-0.39, 0.29) is 25.0 Å². The maximum absolute atomic E-state index is 13.0. The lowest BCUT2D eigenvalue weighted by Crippen LogP contribution is -2.50. The maximum atomic E-state index is 13.0. The number of hydrogen-bond donors (Lipinski definition) is 1. The van der Waals surface area contributed by atoms with Crippen molar-refractivity contribution >= 4 is 35.0 Å². The van der Waals surface area contributed by atoms with Gasteiger partial charge in [0.25, 0.3) is 5.91 Å². The minimum absolute atomic E-state index is 0.166. The largest absolute Gasteiger partial charge is 0.484 e. The van der Waals surface area contributed by atoms with Crippen LogP contribution in [-0.2, 0) is 16.1 Å². The van der Waals surface area contributed by atoms with Gasteiger partial charge in [0.15, 0.2) is 6.61 Å². The second kappa shape index (κ2) is 11.1. The molecule has 1 N–H and O–H groups in total. The van der Waals surface area contributed by atoms with Gasteiger partial charge in [0.05, 0.1) is 10.0 Å². The maximum Gasteiger partial charge on any atom is 0.261 e. The number of hydrogen-bond acceptors (Lipinski definition) is 3. The topological polar surface area (TPSA) is 58.6 Å². The van der Waals surface area contributed by atoms with E-state index < -0.39 is 6.04 Å². The van der Waals surface area contributed by atoms with Crippen LogP contribution in [0.15, 0.2) is 42.5 Å². The van der Waals surface area contributed by atoms with Gasteiger partial charge < -0.3 is 15.0 Å². The minimum Gasteiger partial charge on any atom is -0.484 e. The molecule has 5 nitrogen and oxygen atoms in total. The fourth-order valence-corrected chi connectivity index (χ4v) is 3.30. The lowest BCUT2D eigenvalue weighted by Gasteiger charge is -2.30. The number of ether oxygens (including phenoxy) is 1. The summed E-state index contributed by atoms with van der Waals surface area (Å²) in [5, 5.41) is 3.64. The Balaban J connectivity index is 2.22. The first-order valence-electron chi connectivity index (χ1n) is 9.56. The summed E-state index contributed by atoms with van der Waals surface area (Å²) in [6, 6.07) is 12.0. The Kier molecular flexibility index (Phi) is 8.80. The zero-order chi connectivity index (χ0) is 21.4. The molecule has 29 heavy (non-hydrogen) atoms. The Morgan fingerprint density at radius 3 is 2.48 bits per heavy atom. The van der Waals surface area contributed by atoms with Crippen LogP contribution in [0.5, 0.6) is 5.75 Å². The molecule has 0 aromatic heterocycles. The van der Waals surface area contributed by atoms with E-state index >= 15 is 0 Å². The smallest absolute Gasteiger partial charge is 0.261 e. The Bertz CT molecular complexity index is 858. The molecule has 0 spiro atoms. The minimum atomic E-state index is -0.613. The lowest BCUT2D eigenvalue weighted by atomic mass is 10.1. The third-order valence-corrected chi connectivity index (χ3v) is 5.16. The van der Waals surface area contributed by atoms with Gasteiger partial charge in [0.1, 0.15) is 11.8 Å². The molecule has 0 fully saturated rings. The van der Waals surface area contributed by atoms with E-state index in [2.05, 4.69) is 5.32 Å². The van der Waals surface area contributed by atoms with Crippen LogP contribution >= 0.6 is 23.2 Å². The summed E-state index contributed by atoms with van der Waals surface area (Å²) in [6.45, 7) is 6.22. The SMILES string of the molecule is CCNC(=O)[C@@H](CC)N(Cc1ccc(Cl)c(Cl)c1)C(=O)COc1cccc(C)c1. The van der Waals surface area contributed by atoms with E-state index in [0.717, 1.165) is 11.1 Å². The number of carbonyl (C=O) groups excluding carboxylic acids is 2. The Morgan fingerprint density at radius 1 is 1.10 bits per heavy atom. The van der Waals surface area contributed by atoms with E-state index in [1.165, 1.54) is 4.90 Å². The highest BCUT2D eigenvalue weighted by Crippen LogP contribution is 2.24. The van der Waals surface area contributed by atoms with Crippen LogP contribution < -0.4 is 10.1 Å². The molecule has 2 aromatic carbocycles. The molecule has 0 heterocycles. The summed E-state index contributed by atoms with van der Waals surface area (Å²) in [5.74, 6) is 0.133. The number of halogens is 2. The third kappa shape index (κ3) is 6.65. The highest BCUT2D eigenvalue weighted by atomic mass is 35.5. The number of nitrogens with zero attached hydrogens (tertiary/aromatic N) is 1. The van der Waals surface area contributed by atoms with E-state index in [1.54, 1.807) is 24.3 Å². The molecule has 2 amide bonds. The van der Waals surface area contributed by atoms with Crippen LogP contribution in [0.1, 0.15) is 31.4 Å². The predicted octanol–water partition coefficient (Wildman–Crippen LogP) is 4.62. The molecular formula is C22H26Cl2N2O3. The summed E-state index contributed by atoms with van der Waals surface area (Å²) in [7, 11) is 0. The van der Waals surface area contributed by atoms with E-state index in [4.69, 9.17) is 27.9 Å². The van der Waals surface area contributed by atoms with Crippen molar-refractivity contribution in [1.82, 2.24) is 10.2 Å². The first kappa shape index (κ1) is 23.0. The molecular weight excluding hydrogens is 411 g/mol. The number of nitrogens with one attached hydrogen (secondary N) is 1. The normalized spacial score (nSPS) is 11.6. The van der Waals surface area contributed by atoms with Crippen LogP contribution in [0, 0.1) is 6.92 Å². The predicted molar refractivity (Wildman–Crippen MR) is 116 cm³/mol. The van der Waals surface area contributed by atoms with Gasteiger partial charge in [-0.3, -0.25) is 9.59 Å². The lowest BCUT2D eigenvalue weighted by molar-refractivity contribution is -0.142. The average molecular weight is 437 g/mol. The van der Waals surface area contributed by atoms with E-state index in [0.29, 0.717) is 28.8 Å². The highest BCUT2D eigenvalue weighted by molar-refractivity contribution is 6.42. The van der Waals surface area contributed by atoms with Gasteiger partial charge in [-0.15, -0.1) is 0 Å². The Hall–Kier alpha value is -2.24. The zero-order valence-corrected chi connectivity index (χ0v) is 18.4. The van der Waals surface area contributed by atoms with Gasteiger partial charge >= 0.3 is 0 Å². The van der Waals surface area contributed by atoms with Gasteiger partial charge in [-0.2, -0.15) is 0 Å². The second-order valence-electron chi connectivity index (χ2n) is 6.69. The van der Waals surface area contributed by atoms with Crippen LogP contribution in [0.4, 0.5) is 0 Å². The van der Waals surface area contributed by atoms with Crippen LogP contribution in [0.25, 0.3) is 0 Å². The molecule has 0 aliphatic carbocycles. The molecule has 0 radical (unpaired) electrons. The van der Waals surface area contributed by atoms with Crippen molar-refractivity contribution in [1.29, 1.82) is 0 Å². The van der Waals surface area contributed by atoms with E-state index in [9.17, 15) is 9.59 Å². The Labute approximate surface area is 181 Å². The van der Waals surface area contributed by atoms with Crippen LogP contribution in [-0.4, -0.2) is 35.9 Å². The molecule has 0 aliphatic rings. The van der Waals surface area contributed by atoms with Crippen LogP contribution in [0.3, 0.4) is 0 Å². The number of likely N-dealkylation sites (N-methyl/N-ethyl adjacent to an activating group) is 1. The first-order valence-corrected chi connectivity index (χ1v) is 10.3. The molecule has 1 atom stereocenters. The van der Waals surface area contributed by atoms with Gasteiger partial charge in [-0.05, 0) is 55.7 Å². The third-order valence-electron chi connectivity index (χ3n) is 4.43. The molecule has 2 rings (SSSR count). The van der Waals surface area contributed by atoms with Gasteiger partial charge in [0, 0.05) is 13.1 Å². The monoisotopic (exact) mass is 436 g/mol.